The molecular formula is C11H15N5O2. The van der Waals surface area contributed by atoms with Gasteiger partial charge in [-0.2, -0.15) is 5.10 Å². The van der Waals surface area contributed by atoms with E-state index in [0.29, 0.717) is 18.1 Å². The summed E-state index contributed by atoms with van der Waals surface area (Å²) in [5.74, 6) is 0.413. The van der Waals surface area contributed by atoms with Crippen LogP contribution in [0.15, 0.2) is 24.5 Å². The normalized spacial score (nSPS) is 10.6. The Kier molecular flexibility index (Phi) is 3.31. The smallest absolute Gasteiger partial charge is 0.272 e. The third kappa shape index (κ3) is 2.20. The number of hydrogen-bond donors (Lipinski definition) is 1. The molecule has 0 aliphatic heterocycles. The second-order valence-electron chi connectivity index (χ2n) is 3.96. The summed E-state index contributed by atoms with van der Waals surface area (Å²) in [5, 5.41) is 15.3. The number of rotatable bonds is 5. The van der Waals surface area contributed by atoms with Crippen LogP contribution in [0.2, 0.25) is 0 Å². The SMILES string of the molecule is CCCn1nc(C)c([N+](=O)[O-])c1Nn1cccc1. The number of nitrogens with one attached hydrogen (secondary N) is 1. The highest BCUT2D eigenvalue weighted by Crippen LogP contribution is 2.28. The summed E-state index contributed by atoms with van der Waals surface area (Å²) >= 11 is 0. The summed E-state index contributed by atoms with van der Waals surface area (Å²) in [4.78, 5) is 10.7. The Balaban J connectivity index is 2.43. The van der Waals surface area contributed by atoms with Crippen LogP contribution in [0.3, 0.4) is 0 Å². The van der Waals surface area contributed by atoms with Crippen molar-refractivity contribution in [1.82, 2.24) is 14.5 Å². The predicted molar refractivity (Wildman–Crippen MR) is 67.4 cm³/mol. The molecule has 0 aromatic carbocycles. The zero-order chi connectivity index (χ0) is 13.1. The average molecular weight is 249 g/mol. The van der Waals surface area contributed by atoms with Gasteiger partial charge in [-0.1, -0.05) is 6.92 Å². The first-order valence-corrected chi connectivity index (χ1v) is 5.75. The third-order valence-electron chi connectivity index (χ3n) is 2.55. The Labute approximate surface area is 104 Å². The lowest BCUT2D eigenvalue weighted by molar-refractivity contribution is -0.384. The molecule has 0 saturated carbocycles. The van der Waals surface area contributed by atoms with Crippen LogP contribution >= 0.6 is 0 Å². The summed E-state index contributed by atoms with van der Waals surface area (Å²) in [5.41, 5.74) is 3.43. The quantitative estimate of drug-likeness (QED) is 0.650. The van der Waals surface area contributed by atoms with E-state index in [4.69, 9.17) is 0 Å². The van der Waals surface area contributed by atoms with E-state index in [1.807, 2.05) is 19.1 Å². The molecule has 0 unspecified atom stereocenters. The second-order valence-corrected chi connectivity index (χ2v) is 3.96. The predicted octanol–water partition coefficient (Wildman–Crippen LogP) is 2.19. The van der Waals surface area contributed by atoms with Gasteiger partial charge in [0.1, 0.15) is 5.69 Å². The summed E-state index contributed by atoms with van der Waals surface area (Å²) in [6.07, 6.45) is 4.42. The number of nitrogens with zero attached hydrogens (tertiary/aromatic N) is 4. The van der Waals surface area contributed by atoms with E-state index in [2.05, 4.69) is 10.5 Å². The lowest BCUT2D eigenvalue weighted by Gasteiger charge is -2.09. The van der Waals surface area contributed by atoms with Crippen LogP contribution in [0.5, 0.6) is 0 Å². The van der Waals surface area contributed by atoms with Crippen molar-refractivity contribution in [2.45, 2.75) is 26.8 Å². The van der Waals surface area contributed by atoms with Crippen molar-refractivity contribution in [3.63, 3.8) is 0 Å². The standard InChI is InChI=1S/C11H15N5O2/c1-3-6-15-11(13-14-7-4-5-8-14)10(16(17)18)9(2)12-15/h4-5,7-8,13H,3,6H2,1-2H3. The molecule has 0 aliphatic carbocycles. The summed E-state index contributed by atoms with van der Waals surface area (Å²) in [7, 11) is 0. The van der Waals surface area contributed by atoms with E-state index in [-0.39, 0.29) is 5.69 Å². The molecule has 0 saturated heterocycles. The maximum Gasteiger partial charge on any atom is 0.335 e. The number of hydrogen-bond acceptors (Lipinski definition) is 4. The fraction of sp³-hybridized carbons (Fsp3) is 0.364. The van der Waals surface area contributed by atoms with Crippen molar-refractivity contribution >= 4 is 11.5 Å². The van der Waals surface area contributed by atoms with E-state index in [9.17, 15) is 10.1 Å². The zero-order valence-corrected chi connectivity index (χ0v) is 10.3. The van der Waals surface area contributed by atoms with Crippen molar-refractivity contribution in [1.29, 1.82) is 0 Å². The van der Waals surface area contributed by atoms with Crippen molar-refractivity contribution in [2.75, 3.05) is 5.43 Å². The van der Waals surface area contributed by atoms with Crippen LogP contribution in [-0.2, 0) is 6.54 Å². The molecule has 0 fully saturated rings. The monoisotopic (exact) mass is 249 g/mol. The highest BCUT2D eigenvalue weighted by molar-refractivity contribution is 5.59. The van der Waals surface area contributed by atoms with Gasteiger partial charge in [0, 0.05) is 18.9 Å². The minimum Gasteiger partial charge on any atom is -0.272 e. The van der Waals surface area contributed by atoms with Gasteiger partial charge in [-0.3, -0.25) is 20.2 Å². The van der Waals surface area contributed by atoms with Gasteiger partial charge >= 0.3 is 5.69 Å². The molecule has 2 aromatic rings. The second kappa shape index (κ2) is 4.91. The Morgan fingerprint density at radius 2 is 2.11 bits per heavy atom. The third-order valence-corrected chi connectivity index (χ3v) is 2.55. The van der Waals surface area contributed by atoms with Crippen molar-refractivity contribution < 1.29 is 4.92 Å². The van der Waals surface area contributed by atoms with E-state index in [0.717, 1.165) is 6.42 Å². The van der Waals surface area contributed by atoms with Crippen LogP contribution in [0.25, 0.3) is 0 Å². The van der Waals surface area contributed by atoms with E-state index >= 15 is 0 Å². The van der Waals surface area contributed by atoms with Crippen molar-refractivity contribution in [3.8, 4) is 0 Å². The van der Waals surface area contributed by atoms with Crippen molar-refractivity contribution in [3.05, 3.63) is 40.3 Å². The zero-order valence-electron chi connectivity index (χ0n) is 10.3. The molecule has 2 heterocycles. The fourth-order valence-corrected chi connectivity index (χ4v) is 1.81. The van der Waals surface area contributed by atoms with Gasteiger partial charge in [0.2, 0.25) is 5.82 Å². The Bertz CT molecular complexity index is 544. The number of nitro groups is 1. The van der Waals surface area contributed by atoms with Crippen LogP contribution in [0.1, 0.15) is 19.0 Å². The molecule has 0 spiro atoms. The first-order valence-electron chi connectivity index (χ1n) is 5.75. The molecule has 7 nitrogen and oxygen atoms in total. The van der Waals surface area contributed by atoms with Gasteiger partial charge in [-0.15, -0.1) is 0 Å². The Morgan fingerprint density at radius 3 is 2.67 bits per heavy atom. The minimum atomic E-state index is -0.402. The minimum absolute atomic E-state index is 0.0251. The van der Waals surface area contributed by atoms with Gasteiger partial charge in [0.15, 0.2) is 0 Å². The summed E-state index contributed by atoms with van der Waals surface area (Å²) in [6.45, 7) is 4.28. The van der Waals surface area contributed by atoms with E-state index < -0.39 is 4.92 Å². The summed E-state index contributed by atoms with van der Waals surface area (Å²) < 4.78 is 3.29. The van der Waals surface area contributed by atoms with E-state index in [1.54, 1.807) is 28.7 Å². The number of aromatic nitrogens is 3. The molecule has 96 valence electrons. The largest absolute Gasteiger partial charge is 0.335 e. The van der Waals surface area contributed by atoms with Crippen LogP contribution in [-0.4, -0.2) is 19.4 Å². The van der Waals surface area contributed by atoms with E-state index in [1.165, 1.54) is 0 Å². The van der Waals surface area contributed by atoms with Crippen LogP contribution in [0.4, 0.5) is 11.5 Å². The fourth-order valence-electron chi connectivity index (χ4n) is 1.81. The maximum absolute atomic E-state index is 11.1. The van der Waals surface area contributed by atoms with Crippen molar-refractivity contribution in [2.24, 2.45) is 0 Å². The number of anilines is 1. The molecular weight excluding hydrogens is 234 g/mol. The lowest BCUT2D eigenvalue weighted by Crippen LogP contribution is -2.13. The Morgan fingerprint density at radius 1 is 1.44 bits per heavy atom. The lowest BCUT2D eigenvalue weighted by atomic mass is 10.4. The molecule has 2 aromatic heterocycles. The molecule has 1 N–H and O–H groups in total. The van der Waals surface area contributed by atoms with Gasteiger partial charge in [-0.05, 0) is 25.5 Å². The molecule has 0 amide bonds. The highest BCUT2D eigenvalue weighted by atomic mass is 16.6. The molecule has 0 radical (unpaired) electrons. The van der Waals surface area contributed by atoms with Gasteiger partial charge in [-0.25, -0.2) is 4.68 Å². The average Bonchev–Trinajstić information content (AvgIpc) is 2.89. The highest BCUT2D eigenvalue weighted by Gasteiger charge is 2.25. The molecule has 0 atom stereocenters. The molecule has 0 bridgehead atoms. The molecule has 0 aliphatic rings. The van der Waals surface area contributed by atoms with Crippen LogP contribution in [0, 0.1) is 17.0 Å². The Hall–Kier alpha value is -2.31. The molecule has 7 heteroatoms. The molecule has 18 heavy (non-hydrogen) atoms. The summed E-state index contributed by atoms with van der Waals surface area (Å²) in [6, 6.07) is 3.68. The first-order chi connectivity index (χ1) is 8.63. The number of aryl methyl sites for hydroxylation is 2. The maximum atomic E-state index is 11.1. The topological polar surface area (TPSA) is 77.9 Å². The van der Waals surface area contributed by atoms with Crippen LogP contribution < -0.4 is 5.43 Å². The van der Waals surface area contributed by atoms with Gasteiger partial charge < -0.3 is 0 Å². The first kappa shape index (κ1) is 12.2. The molecule has 2 rings (SSSR count). The van der Waals surface area contributed by atoms with Gasteiger partial charge in [0.05, 0.1) is 4.92 Å². The van der Waals surface area contributed by atoms with Gasteiger partial charge in [0.25, 0.3) is 0 Å².